The van der Waals surface area contributed by atoms with Gasteiger partial charge < -0.3 is 9.84 Å². The number of ether oxygens (including phenoxy) is 1. The van der Waals surface area contributed by atoms with Crippen molar-refractivity contribution in [3.8, 4) is 0 Å². The van der Waals surface area contributed by atoms with Crippen molar-refractivity contribution in [1.29, 1.82) is 0 Å². The Balaban J connectivity index is 3.01. The second-order valence-electron chi connectivity index (χ2n) is 3.13. The summed E-state index contributed by atoms with van der Waals surface area (Å²) in [6, 6.07) is 0. The quantitative estimate of drug-likeness (QED) is 0.836. The molecule has 16 heavy (non-hydrogen) atoms. The van der Waals surface area contributed by atoms with Gasteiger partial charge in [-0.15, -0.1) is 0 Å². The van der Waals surface area contributed by atoms with Gasteiger partial charge in [-0.2, -0.15) is 13.9 Å². The molecular formula is C9H12F2N2O3. The average Bonchev–Trinajstić information content (AvgIpc) is 2.51. The first kappa shape index (κ1) is 12.6. The zero-order valence-corrected chi connectivity index (χ0v) is 8.91. The van der Waals surface area contributed by atoms with Crippen LogP contribution >= 0.6 is 0 Å². The molecule has 5 nitrogen and oxygen atoms in total. The lowest BCUT2D eigenvalue weighted by Gasteiger charge is -2.01. The Hall–Kier alpha value is -1.50. The highest BCUT2D eigenvalue weighted by Gasteiger charge is 2.20. The van der Waals surface area contributed by atoms with Gasteiger partial charge in [0, 0.05) is 12.6 Å². The fourth-order valence-corrected chi connectivity index (χ4v) is 1.52. The van der Waals surface area contributed by atoms with Gasteiger partial charge in [0.1, 0.15) is 5.69 Å². The van der Waals surface area contributed by atoms with E-state index < -0.39 is 12.6 Å². The van der Waals surface area contributed by atoms with E-state index in [1.54, 1.807) is 6.92 Å². The summed E-state index contributed by atoms with van der Waals surface area (Å²) in [6.45, 7) is -1.54. The maximum atomic E-state index is 11.8. The third-order valence-electron chi connectivity index (χ3n) is 2.13. The molecule has 0 atom stereocenters. The molecule has 0 aliphatic heterocycles. The van der Waals surface area contributed by atoms with Crippen molar-refractivity contribution >= 4 is 5.97 Å². The predicted octanol–water partition coefficient (Wildman–Crippen LogP) is 1.42. The van der Waals surface area contributed by atoms with Gasteiger partial charge in [-0.3, -0.25) is 4.68 Å². The van der Waals surface area contributed by atoms with Crippen LogP contribution < -0.4 is 0 Å². The van der Waals surface area contributed by atoms with Gasteiger partial charge in [0.2, 0.25) is 0 Å². The molecule has 0 amide bonds. The number of aryl methyl sites for hydroxylation is 1. The predicted molar refractivity (Wildman–Crippen MR) is 50.3 cm³/mol. The molecule has 0 saturated carbocycles. The van der Waals surface area contributed by atoms with Crippen molar-refractivity contribution in [3.05, 3.63) is 17.0 Å². The van der Waals surface area contributed by atoms with Gasteiger partial charge in [-0.05, 0) is 6.42 Å². The molecular weight excluding hydrogens is 222 g/mol. The summed E-state index contributed by atoms with van der Waals surface area (Å²) in [5.74, 6) is -1.13. The fourth-order valence-electron chi connectivity index (χ4n) is 1.52. The summed E-state index contributed by atoms with van der Waals surface area (Å²) < 4.78 is 29.0. The summed E-state index contributed by atoms with van der Waals surface area (Å²) in [5.41, 5.74) is 0.675. The Labute approximate surface area is 90.6 Å². The molecule has 0 aliphatic carbocycles. The highest BCUT2D eigenvalue weighted by molar-refractivity contribution is 5.87. The van der Waals surface area contributed by atoms with Crippen molar-refractivity contribution in [3.63, 3.8) is 0 Å². The lowest BCUT2D eigenvalue weighted by Crippen LogP contribution is -2.07. The largest absolute Gasteiger partial charge is 0.477 e. The van der Waals surface area contributed by atoms with Crippen molar-refractivity contribution in [2.75, 3.05) is 0 Å². The number of hydrogen-bond donors (Lipinski definition) is 1. The first-order valence-electron chi connectivity index (χ1n) is 4.65. The van der Waals surface area contributed by atoms with Crippen LogP contribution in [0.15, 0.2) is 0 Å². The van der Waals surface area contributed by atoms with E-state index in [1.165, 1.54) is 7.05 Å². The van der Waals surface area contributed by atoms with Crippen LogP contribution in [0.1, 0.15) is 28.7 Å². The van der Waals surface area contributed by atoms with Crippen molar-refractivity contribution in [2.45, 2.75) is 26.6 Å². The van der Waals surface area contributed by atoms with Gasteiger partial charge in [0.15, 0.2) is 0 Å². The first-order chi connectivity index (χ1) is 7.47. The standard InChI is InChI=1S/C9H12F2N2O3/c1-3-5-6(4-16-9(10)11)12-13(2)7(5)8(14)15/h9H,3-4H2,1-2H3,(H,14,15). The summed E-state index contributed by atoms with van der Waals surface area (Å²) in [5, 5.41) is 12.8. The molecule has 0 unspecified atom stereocenters. The van der Waals surface area contributed by atoms with E-state index in [9.17, 15) is 13.6 Å². The monoisotopic (exact) mass is 234 g/mol. The number of hydrogen-bond acceptors (Lipinski definition) is 3. The van der Waals surface area contributed by atoms with Crippen LogP contribution in [-0.4, -0.2) is 27.5 Å². The molecule has 0 radical (unpaired) electrons. The van der Waals surface area contributed by atoms with Gasteiger partial charge >= 0.3 is 12.6 Å². The summed E-state index contributed by atoms with van der Waals surface area (Å²) in [6.07, 6.45) is 0.400. The van der Waals surface area contributed by atoms with Crippen LogP contribution in [0, 0.1) is 0 Å². The van der Waals surface area contributed by atoms with Crippen molar-refractivity contribution in [1.82, 2.24) is 9.78 Å². The van der Waals surface area contributed by atoms with Gasteiger partial charge in [-0.1, -0.05) is 6.92 Å². The Kier molecular flexibility index (Phi) is 3.94. The number of halogens is 2. The normalized spacial score (nSPS) is 11.1. The van der Waals surface area contributed by atoms with Crippen LogP contribution in [0.3, 0.4) is 0 Å². The fraction of sp³-hybridized carbons (Fsp3) is 0.556. The van der Waals surface area contributed by atoms with Crippen LogP contribution in [-0.2, 0) is 24.8 Å². The lowest BCUT2D eigenvalue weighted by atomic mass is 10.1. The maximum Gasteiger partial charge on any atom is 0.354 e. The van der Waals surface area contributed by atoms with Crippen LogP contribution in [0.4, 0.5) is 8.78 Å². The summed E-state index contributed by atoms with van der Waals surface area (Å²) in [7, 11) is 1.45. The number of carboxylic acids is 1. The van der Waals surface area contributed by atoms with Crippen LogP contribution in [0.2, 0.25) is 0 Å². The zero-order chi connectivity index (χ0) is 12.3. The molecule has 90 valence electrons. The van der Waals surface area contributed by atoms with Crippen LogP contribution in [0.5, 0.6) is 0 Å². The second kappa shape index (κ2) is 5.02. The maximum absolute atomic E-state index is 11.8. The van der Waals surface area contributed by atoms with E-state index in [0.717, 1.165) is 4.68 Å². The molecule has 0 saturated heterocycles. The number of carbonyl (C=O) groups is 1. The smallest absolute Gasteiger partial charge is 0.354 e. The molecule has 0 fully saturated rings. The lowest BCUT2D eigenvalue weighted by molar-refractivity contribution is -0.138. The minimum absolute atomic E-state index is 0.00960. The zero-order valence-electron chi connectivity index (χ0n) is 8.91. The second-order valence-corrected chi connectivity index (χ2v) is 3.13. The Morgan fingerprint density at radius 1 is 1.62 bits per heavy atom. The first-order valence-corrected chi connectivity index (χ1v) is 4.65. The molecule has 0 bridgehead atoms. The average molecular weight is 234 g/mol. The third-order valence-corrected chi connectivity index (χ3v) is 2.13. The van der Waals surface area contributed by atoms with Crippen molar-refractivity contribution in [2.24, 2.45) is 7.05 Å². The molecule has 0 spiro atoms. The van der Waals surface area contributed by atoms with E-state index in [-0.39, 0.29) is 18.0 Å². The molecule has 0 aromatic carbocycles. The topological polar surface area (TPSA) is 64.4 Å². The third kappa shape index (κ3) is 2.54. The number of nitrogens with zero attached hydrogens (tertiary/aromatic N) is 2. The molecule has 0 aliphatic rings. The Morgan fingerprint density at radius 2 is 2.25 bits per heavy atom. The van der Waals surface area contributed by atoms with Gasteiger partial charge in [0.05, 0.1) is 12.3 Å². The number of rotatable bonds is 5. The number of aromatic carboxylic acids is 1. The highest BCUT2D eigenvalue weighted by Crippen LogP contribution is 2.16. The van der Waals surface area contributed by atoms with E-state index in [4.69, 9.17) is 5.11 Å². The van der Waals surface area contributed by atoms with E-state index in [0.29, 0.717) is 12.0 Å². The Morgan fingerprint density at radius 3 is 2.69 bits per heavy atom. The molecule has 7 heteroatoms. The Bertz CT molecular complexity index is 390. The van der Waals surface area contributed by atoms with E-state index >= 15 is 0 Å². The molecule has 1 aromatic heterocycles. The van der Waals surface area contributed by atoms with E-state index in [2.05, 4.69) is 9.84 Å². The number of aromatic nitrogens is 2. The van der Waals surface area contributed by atoms with Gasteiger partial charge in [0.25, 0.3) is 0 Å². The minimum atomic E-state index is -2.89. The van der Waals surface area contributed by atoms with Gasteiger partial charge in [-0.25, -0.2) is 4.79 Å². The number of carboxylic acid groups (broad SMARTS) is 1. The number of alkyl halides is 2. The summed E-state index contributed by atoms with van der Waals surface area (Å²) >= 11 is 0. The minimum Gasteiger partial charge on any atom is -0.477 e. The molecule has 1 aromatic rings. The van der Waals surface area contributed by atoms with Crippen molar-refractivity contribution < 1.29 is 23.4 Å². The molecule has 1 rings (SSSR count). The van der Waals surface area contributed by atoms with E-state index in [1.807, 2.05) is 0 Å². The molecule has 1 N–H and O–H groups in total. The van der Waals surface area contributed by atoms with Crippen LogP contribution in [0.25, 0.3) is 0 Å². The molecule has 1 heterocycles. The summed E-state index contributed by atoms with van der Waals surface area (Å²) in [4.78, 5) is 10.9. The SMILES string of the molecule is CCc1c(COC(F)F)nn(C)c1C(=O)O. The highest BCUT2D eigenvalue weighted by atomic mass is 19.3.